The molecule has 78 valence electrons. The minimum absolute atomic E-state index is 0.0231. The van der Waals surface area contributed by atoms with Crippen molar-refractivity contribution in [3.63, 3.8) is 0 Å². The fourth-order valence-corrected chi connectivity index (χ4v) is 0.780. The molecule has 14 heavy (non-hydrogen) atoms. The molecular weight excluding hydrogens is 180 g/mol. The lowest BCUT2D eigenvalue weighted by Gasteiger charge is -2.19. The van der Waals surface area contributed by atoms with E-state index in [4.69, 9.17) is 4.74 Å². The minimum atomic E-state index is -0.607. The summed E-state index contributed by atoms with van der Waals surface area (Å²) in [7, 11) is 0. The number of ketones is 1. The van der Waals surface area contributed by atoms with Crippen molar-refractivity contribution in [1.29, 1.82) is 0 Å². The molecule has 0 atom stereocenters. The first-order valence-corrected chi connectivity index (χ1v) is 4.35. The Morgan fingerprint density at radius 2 is 1.79 bits per heavy atom. The lowest BCUT2D eigenvalue weighted by molar-refractivity contribution is -0.150. The van der Waals surface area contributed by atoms with E-state index in [-0.39, 0.29) is 11.4 Å². The molecule has 0 aromatic heterocycles. The molecular formula is C11H16O3. The maximum atomic E-state index is 11.4. The van der Waals surface area contributed by atoms with Gasteiger partial charge in [0.2, 0.25) is 0 Å². The van der Waals surface area contributed by atoms with Crippen LogP contribution in [-0.4, -0.2) is 17.4 Å². The Morgan fingerprint density at radius 1 is 1.29 bits per heavy atom. The van der Waals surface area contributed by atoms with Gasteiger partial charge < -0.3 is 4.74 Å². The summed E-state index contributed by atoms with van der Waals surface area (Å²) in [6, 6.07) is 0. The zero-order chi connectivity index (χ0) is 11.4. The molecule has 0 saturated carbocycles. The second-order valence-electron chi connectivity index (χ2n) is 3.87. The summed E-state index contributed by atoms with van der Waals surface area (Å²) in [5, 5.41) is 0. The van der Waals surface area contributed by atoms with Crippen molar-refractivity contribution < 1.29 is 14.3 Å². The Kier molecular flexibility index (Phi) is 4.28. The van der Waals surface area contributed by atoms with Crippen LogP contribution < -0.4 is 0 Å². The van der Waals surface area contributed by atoms with Crippen molar-refractivity contribution in [2.45, 2.75) is 33.3 Å². The van der Waals surface area contributed by atoms with E-state index in [1.165, 1.54) is 19.1 Å². The first-order valence-electron chi connectivity index (χ1n) is 4.35. The summed E-state index contributed by atoms with van der Waals surface area (Å²) in [5.41, 5.74) is -0.567. The van der Waals surface area contributed by atoms with Crippen molar-refractivity contribution in [2.24, 2.45) is 0 Å². The van der Waals surface area contributed by atoms with E-state index in [9.17, 15) is 9.59 Å². The van der Waals surface area contributed by atoms with Gasteiger partial charge in [-0.25, -0.2) is 4.79 Å². The Morgan fingerprint density at radius 3 is 2.07 bits per heavy atom. The summed E-state index contributed by atoms with van der Waals surface area (Å²) in [6.45, 7) is 9.98. The Hall–Kier alpha value is -1.38. The highest BCUT2D eigenvalue weighted by Crippen LogP contribution is 2.11. The molecule has 0 aliphatic rings. The van der Waals surface area contributed by atoms with E-state index in [0.717, 1.165) is 0 Å². The molecule has 0 radical (unpaired) electrons. The smallest absolute Gasteiger partial charge is 0.342 e. The SMILES string of the molecule is C=CC=C(C(C)=O)C(=O)OC(C)(C)C. The van der Waals surface area contributed by atoms with Gasteiger partial charge in [0, 0.05) is 0 Å². The molecule has 0 aromatic rings. The number of allylic oxidation sites excluding steroid dienone is 2. The second-order valence-corrected chi connectivity index (χ2v) is 3.87. The highest BCUT2D eigenvalue weighted by molar-refractivity contribution is 6.16. The van der Waals surface area contributed by atoms with E-state index in [2.05, 4.69) is 6.58 Å². The Bertz CT molecular complexity index is 279. The van der Waals surface area contributed by atoms with Gasteiger partial charge in [-0.15, -0.1) is 0 Å². The lowest BCUT2D eigenvalue weighted by Crippen LogP contribution is -2.26. The third-order valence-electron chi connectivity index (χ3n) is 1.28. The molecule has 0 aliphatic carbocycles. The van der Waals surface area contributed by atoms with Gasteiger partial charge in [-0.1, -0.05) is 12.7 Å². The second kappa shape index (κ2) is 4.74. The van der Waals surface area contributed by atoms with Gasteiger partial charge in [0.25, 0.3) is 0 Å². The molecule has 0 bridgehead atoms. The number of esters is 1. The zero-order valence-electron chi connectivity index (χ0n) is 9.09. The molecule has 0 rings (SSSR count). The maximum absolute atomic E-state index is 11.4. The quantitative estimate of drug-likeness (QED) is 0.228. The van der Waals surface area contributed by atoms with Crippen LogP contribution in [0.15, 0.2) is 24.3 Å². The average molecular weight is 196 g/mol. The van der Waals surface area contributed by atoms with Crippen LogP contribution >= 0.6 is 0 Å². The van der Waals surface area contributed by atoms with Crippen molar-refractivity contribution >= 4 is 11.8 Å². The monoisotopic (exact) mass is 196 g/mol. The molecule has 3 nitrogen and oxygen atoms in total. The molecule has 0 amide bonds. The van der Waals surface area contributed by atoms with Gasteiger partial charge in [0.05, 0.1) is 0 Å². The third kappa shape index (κ3) is 4.60. The fraction of sp³-hybridized carbons (Fsp3) is 0.455. The Balaban J connectivity index is 4.72. The van der Waals surface area contributed by atoms with Crippen LogP contribution in [0.2, 0.25) is 0 Å². The normalized spacial score (nSPS) is 12.1. The summed E-state index contributed by atoms with van der Waals surface area (Å²) < 4.78 is 5.04. The highest BCUT2D eigenvalue weighted by Gasteiger charge is 2.21. The van der Waals surface area contributed by atoms with Gasteiger partial charge in [-0.2, -0.15) is 0 Å². The van der Waals surface area contributed by atoms with E-state index >= 15 is 0 Å². The van der Waals surface area contributed by atoms with Crippen molar-refractivity contribution in [2.75, 3.05) is 0 Å². The number of carbonyl (C=O) groups excluding carboxylic acids is 2. The van der Waals surface area contributed by atoms with Crippen LogP contribution in [0.4, 0.5) is 0 Å². The van der Waals surface area contributed by atoms with Crippen molar-refractivity contribution in [3.8, 4) is 0 Å². The number of carbonyl (C=O) groups is 2. The standard InChI is InChI=1S/C11H16O3/c1-6-7-9(8(2)12)10(13)14-11(3,4)5/h6-7H,1H2,2-5H3. The molecule has 0 saturated heterocycles. The third-order valence-corrected chi connectivity index (χ3v) is 1.28. The number of ether oxygens (including phenoxy) is 1. The number of Topliss-reactive ketones (excluding diaryl/α,β-unsaturated/α-hetero) is 1. The number of hydrogen-bond donors (Lipinski definition) is 0. The fourth-order valence-electron chi connectivity index (χ4n) is 0.780. The van der Waals surface area contributed by atoms with Crippen LogP contribution in [0.3, 0.4) is 0 Å². The highest BCUT2D eigenvalue weighted by atomic mass is 16.6. The van der Waals surface area contributed by atoms with Gasteiger partial charge in [0.1, 0.15) is 11.2 Å². The van der Waals surface area contributed by atoms with Gasteiger partial charge in [-0.05, 0) is 33.8 Å². The summed E-state index contributed by atoms with van der Waals surface area (Å²) in [4.78, 5) is 22.5. The predicted molar refractivity (Wildman–Crippen MR) is 54.8 cm³/mol. The van der Waals surface area contributed by atoms with Gasteiger partial charge in [-0.3, -0.25) is 4.79 Å². The molecule has 0 aromatic carbocycles. The first-order chi connectivity index (χ1) is 6.28. The van der Waals surface area contributed by atoms with Crippen LogP contribution in [-0.2, 0) is 14.3 Å². The first kappa shape index (κ1) is 12.6. The number of rotatable bonds is 3. The van der Waals surface area contributed by atoms with Gasteiger partial charge in [0.15, 0.2) is 5.78 Å². The maximum Gasteiger partial charge on any atom is 0.342 e. The van der Waals surface area contributed by atoms with E-state index in [0.29, 0.717) is 0 Å². The van der Waals surface area contributed by atoms with Crippen LogP contribution in [0.5, 0.6) is 0 Å². The predicted octanol–water partition coefficient (Wildman–Crippen LogP) is 2.03. The van der Waals surface area contributed by atoms with Crippen LogP contribution in [0, 0.1) is 0 Å². The van der Waals surface area contributed by atoms with Crippen molar-refractivity contribution in [1.82, 2.24) is 0 Å². The molecule has 0 heterocycles. The summed E-state index contributed by atoms with van der Waals surface area (Å²) >= 11 is 0. The largest absolute Gasteiger partial charge is 0.456 e. The molecule has 0 fully saturated rings. The molecule has 3 heteroatoms. The molecule has 0 spiro atoms. The molecule has 0 aliphatic heterocycles. The Labute approximate surface area is 84.4 Å². The van der Waals surface area contributed by atoms with Gasteiger partial charge >= 0.3 is 5.97 Å². The van der Waals surface area contributed by atoms with E-state index < -0.39 is 11.6 Å². The summed E-state index contributed by atoms with van der Waals surface area (Å²) in [6.07, 6.45) is 2.75. The minimum Gasteiger partial charge on any atom is -0.456 e. The van der Waals surface area contributed by atoms with E-state index in [1.54, 1.807) is 20.8 Å². The van der Waals surface area contributed by atoms with Crippen LogP contribution in [0.25, 0.3) is 0 Å². The molecule has 0 N–H and O–H groups in total. The average Bonchev–Trinajstić information content (AvgIpc) is 1.95. The summed E-state index contributed by atoms with van der Waals surface area (Å²) in [5.74, 6) is -0.927. The zero-order valence-corrected chi connectivity index (χ0v) is 9.09. The topological polar surface area (TPSA) is 43.4 Å². The van der Waals surface area contributed by atoms with Crippen LogP contribution in [0.1, 0.15) is 27.7 Å². The molecule has 0 unspecified atom stereocenters. The van der Waals surface area contributed by atoms with Crippen molar-refractivity contribution in [3.05, 3.63) is 24.3 Å². The lowest BCUT2D eigenvalue weighted by atomic mass is 10.1. The number of hydrogen-bond acceptors (Lipinski definition) is 3. The van der Waals surface area contributed by atoms with E-state index in [1.807, 2.05) is 0 Å².